The van der Waals surface area contributed by atoms with E-state index < -0.39 is 0 Å². The van der Waals surface area contributed by atoms with Crippen molar-refractivity contribution >= 4 is 0 Å². The van der Waals surface area contributed by atoms with E-state index in [0.29, 0.717) is 17.8 Å². The number of hydrogen-bond donors (Lipinski definition) is 2. The van der Waals surface area contributed by atoms with Crippen molar-refractivity contribution in [3.8, 4) is 11.5 Å². The summed E-state index contributed by atoms with van der Waals surface area (Å²) in [7, 11) is 0. The summed E-state index contributed by atoms with van der Waals surface area (Å²) in [5.41, 5.74) is 1.11. The first-order valence-electron chi connectivity index (χ1n) is 6.02. The summed E-state index contributed by atoms with van der Waals surface area (Å²) in [6.45, 7) is 0.744. The summed E-state index contributed by atoms with van der Waals surface area (Å²) < 4.78 is 5.69. The van der Waals surface area contributed by atoms with Crippen molar-refractivity contribution in [2.75, 3.05) is 6.61 Å². The number of fused-ring (bicyclic) bond motifs is 1. The van der Waals surface area contributed by atoms with Gasteiger partial charge >= 0.3 is 0 Å². The second-order valence-electron chi connectivity index (χ2n) is 4.80. The first kappa shape index (κ1) is 9.97. The van der Waals surface area contributed by atoms with E-state index in [1.54, 1.807) is 6.07 Å². The Balaban J connectivity index is 1.69. The number of phenolic OH excluding ortho intramolecular Hbond substituents is 1. The molecule has 0 saturated heterocycles. The fourth-order valence-corrected chi connectivity index (χ4v) is 2.40. The predicted octanol–water partition coefficient (Wildman–Crippen LogP) is 1.84. The minimum absolute atomic E-state index is 0.326. The van der Waals surface area contributed by atoms with Crippen molar-refractivity contribution in [1.29, 1.82) is 0 Å². The lowest BCUT2D eigenvalue weighted by molar-refractivity contribution is 0.204. The fraction of sp³-hybridized carbons (Fsp3) is 0.538. The molecule has 0 aromatic heterocycles. The molecular weight excluding hydrogens is 202 g/mol. The lowest BCUT2D eigenvalue weighted by Gasteiger charge is -2.34. The standard InChI is InChI=1S/C13H17NO2/c15-12-4-5-13-9(7-12)6-11(8-16-13)14-10-2-1-3-10/h4-5,7,10-11,14-15H,1-3,6,8H2. The maximum Gasteiger partial charge on any atom is 0.122 e. The van der Waals surface area contributed by atoms with E-state index in [1.807, 2.05) is 12.1 Å². The summed E-state index contributed by atoms with van der Waals surface area (Å²) in [4.78, 5) is 0. The normalized spacial score (nSPS) is 24.4. The minimum Gasteiger partial charge on any atom is -0.508 e. The summed E-state index contributed by atoms with van der Waals surface area (Å²) in [6, 6.07) is 6.43. The number of phenols is 1. The highest BCUT2D eigenvalue weighted by atomic mass is 16.5. The maximum absolute atomic E-state index is 9.44. The van der Waals surface area contributed by atoms with Crippen LogP contribution >= 0.6 is 0 Å². The van der Waals surface area contributed by atoms with Crippen LogP contribution in [-0.2, 0) is 6.42 Å². The molecule has 1 unspecified atom stereocenters. The molecular formula is C13H17NO2. The molecule has 1 atom stereocenters. The van der Waals surface area contributed by atoms with Gasteiger partial charge in [0.15, 0.2) is 0 Å². The highest BCUT2D eigenvalue weighted by molar-refractivity contribution is 5.41. The Morgan fingerprint density at radius 1 is 1.25 bits per heavy atom. The van der Waals surface area contributed by atoms with Gasteiger partial charge in [0.2, 0.25) is 0 Å². The van der Waals surface area contributed by atoms with Gasteiger partial charge in [-0.15, -0.1) is 0 Å². The number of nitrogens with one attached hydrogen (secondary N) is 1. The first-order chi connectivity index (χ1) is 7.81. The van der Waals surface area contributed by atoms with Crippen LogP contribution in [0.3, 0.4) is 0 Å². The predicted molar refractivity (Wildman–Crippen MR) is 61.9 cm³/mol. The van der Waals surface area contributed by atoms with Crippen LogP contribution in [0.1, 0.15) is 24.8 Å². The van der Waals surface area contributed by atoms with E-state index in [9.17, 15) is 5.11 Å². The number of ether oxygens (including phenoxy) is 1. The molecule has 1 aromatic carbocycles. The van der Waals surface area contributed by atoms with Crippen molar-refractivity contribution in [2.45, 2.75) is 37.8 Å². The molecule has 0 radical (unpaired) electrons. The molecule has 1 saturated carbocycles. The van der Waals surface area contributed by atoms with Crippen molar-refractivity contribution < 1.29 is 9.84 Å². The van der Waals surface area contributed by atoms with E-state index in [4.69, 9.17) is 4.74 Å². The average molecular weight is 219 g/mol. The lowest BCUT2D eigenvalue weighted by Crippen LogP contribution is -2.47. The quantitative estimate of drug-likeness (QED) is 0.797. The van der Waals surface area contributed by atoms with E-state index in [2.05, 4.69) is 5.32 Å². The highest BCUT2D eigenvalue weighted by Crippen LogP contribution is 2.29. The monoisotopic (exact) mass is 219 g/mol. The number of aromatic hydroxyl groups is 1. The summed E-state index contributed by atoms with van der Waals surface area (Å²) in [5.74, 6) is 1.25. The van der Waals surface area contributed by atoms with Crippen molar-refractivity contribution in [3.63, 3.8) is 0 Å². The third-order valence-electron chi connectivity index (χ3n) is 3.53. The average Bonchev–Trinajstić information content (AvgIpc) is 2.23. The van der Waals surface area contributed by atoms with Gasteiger partial charge in [-0.3, -0.25) is 0 Å². The van der Waals surface area contributed by atoms with Gasteiger partial charge in [-0.25, -0.2) is 0 Å². The van der Waals surface area contributed by atoms with Crippen molar-refractivity contribution in [3.05, 3.63) is 23.8 Å². The Morgan fingerprint density at radius 3 is 2.88 bits per heavy atom. The van der Waals surface area contributed by atoms with Crippen LogP contribution in [0, 0.1) is 0 Å². The molecule has 86 valence electrons. The Morgan fingerprint density at radius 2 is 2.12 bits per heavy atom. The second-order valence-corrected chi connectivity index (χ2v) is 4.80. The molecule has 0 amide bonds. The number of hydrogen-bond acceptors (Lipinski definition) is 3. The molecule has 2 aliphatic rings. The fourth-order valence-electron chi connectivity index (χ4n) is 2.40. The van der Waals surface area contributed by atoms with Crippen LogP contribution in [0.5, 0.6) is 11.5 Å². The lowest BCUT2D eigenvalue weighted by atomic mass is 9.91. The summed E-state index contributed by atoms with van der Waals surface area (Å²) in [6.07, 6.45) is 4.90. The Bertz CT molecular complexity index is 388. The van der Waals surface area contributed by atoms with Crippen LogP contribution < -0.4 is 10.1 Å². The van der Waals surface area contributed by atoms with Crippen molar-refractivity contribution in [2.24, 2.45) is 0 Å². The maximum atomic E-state index is 9.44. The Hall–Kier alpha value is -1.22. The van der Waals surface area contributed by atoms with Crippen LogP contribution in [0.15, 0.2) is 18.2 Å². The molecule has 1 aromatic rings. The zero-order chi connectivity index (χ0) is 11.0. The molecule has 0 bridgehead atoms. The van der Waals surface area contributed by atoms with Gasteiger partial charge in [-0.05, 0) is 43.0 Å². The summed E-state index contributed by atoms with van der Waals surface area (Å²) in [5, 5.41) is 13.0. The van der Waals surface area contributed by atoms with E-state index in [0.717, 1.165) is 24.3 Å². The van der Waals surface area contributed by atoms with Gasteiger partial charge in [0.05, 0.1) is 0 Å². The molecule has 16 heavy (non-hydrogen) atoms. The summed E-state index contributed by atoms with van der Waals surface area (Å²) >= 11 is 0. The minimum atomic E-state index is 0.326. The van der Waals surface area contributed by atoms with Crippen LogP contribution in [0.25, 0.3) is 0 Å². The molecule has 3 heteroatoms. The Labute approximate surface area is 95.4 Å². The Kier molecular flexibility index (Phi) is 2.48. The van der Waals surface area contributed by atoms with E-state index in [-0.39, 0.29) is 0 Å². The van der Waals surface area contributed by atoms with Gasteiger partial charge in [0.25, 0.3) is 0 Å². The van der Waals surface area contributed by atoms with Gasteiger partial charge < -0.3 is 15.2 Å². The topological polar surface area (TPSA) is 41.5 Å². The van der Waals surface area contributed by atoms with Crippen LogP contribution in [0.2, 0.25) is 0 Å². The second kappa shape index (κ2) is 3.98. The van der Waals surface area contributed by atoms with E-state index >= 15 is 0 Å². The van der Waals surface area contributed by atoms with Gasteiger partial charge in [-0.1, -0.05) is 6.42 Å². The largest absolute Gasteiger partial charge is 0.508 e. The smallest absolute Gasteiger partial charge is 0.122 e. The van der Waals surface area contributed by atoms with Crippen LogP contribution in [-0.4, -0.2) is 23.8 Å². The molecule has 1 aliphatic carbocycles. The van der Waals surface area contributed by atoms with Gasteiger partial charge in [0, 0.05) is 12.1 Å². The number of rotatable bonds is 2. The zero-order valence-electron chi connectivity index (χ0n) is 9.28. The third-order valence-corrected chi connectivity index (χ3v) is 3.53. The molecule has 3 rings (SSSR count). The molecule has 1 aliphatic heterocycles. The molecule has 1 heterocycles. The molecule has 3 nitrogen and oxygen atoms in total. The molecule has 2 N–H and O–H groups in total. The van der Waals surface area contributed by atoms with Crippen LogP contribution in [0.4, 0.5) is 0 Å². The third kappa shape index (κ3) is 1.87. The van der Waals surface area contributed by atoms with Gasteiger partial charge in [-0.2, -0.15) is 0 Å². The van der Waals surface area contributed by atoms with Gasteiger partial charge in [0.1, 0.15) is 18.1 Å². The highest BCUT2D eigenvalue weighted by Gasteiger charge is 2.25. The molecule has 0 spiro atoms. The molecule has 1 fully saturated rings. The van der Waals surface area contributed by atoms with E-state index in [1.165, 1.54) is 19.3 Å². The zero-order valence-corrected chi connectivity index (χ0v) is 9.28. The first-order valence-corrected chi connectivity index (χ1v) is 6.02. The number of benzene rings is 1. The SMILES string of the molecule is Oc1ccc2c(c1)CC(NC1CCC1)CO2. The van der Waals surface area contributed by atoms with Crippen molar-refractivity contribution in [1.82, 2.24) is 5.32 Å².